The van der Waals surface area contributed by atoms with Crippen molar-refractivity contribution < 1.29 is 32.7 Å². The molecular weight excluding hydrogens is 382 g/mol. The topological polar surface area (TPSA) is 122 Å². The first kappa shape index (κ1) is 20.2. The summed E-state index contributed by atoms with van der Waals surface area (Å²) in [5.41, 5.74) is 0. The van der Waals surface area contributed by atoms with E-state index in [1.54, 1.807) is 23.1 Å². The molecule has 10 nitrogen and oxygen atoms in total. The Morgan fingerprint density at radius 3 is 2.17 bits per heavy atom. The van der Waals surface area contributed by atoms with Crippen LogP contribution in [-0.2, 0) is 14.3 Å². The number of nitrogens with zero attached hydrogens (tertiary/aromatic N) is 2. The molecule has 154 valence electrons. The molecule has 1 aliphatic heterocycles. The highest BCUT2D eigenvalue weighted by atomic mass is 16.5. The Labute approximate surface area is 166 Å². The maximum atomic E-state index is 12.2. The molecule has 1 fully saturated rings. The number of ether oxygens (including phenoxy) is 1. The Hall–Kier alpha value is -3.56. The van der Waals surface area contributed by atoms with Gasteiger partial charge in [-0.15, -0.1) is 0 Å². The molecule has 3 amide bonds. The quantitative estimate of drug-likeness (QED) is 0.669. The standard InChI is InChI=1S/C19H21N3O7/c23-16(13-29-17(24)5-6-20-18(25)14-3-1-11-27-14)21-7-9-22(10-8-21)19(26)15-4-2-12-28-15/h1-4,11-12H,5-10,13H2,(H,20,25). The average molecular weight is 403 g/mol. The number of hydrogen-bond acceptors (Lipinski definition) is 7. The highest BCUT2D eigenvalue weighted by Gasteiger charge is 2.26. The van der Waals surface area contributed by atoms with Gasteiger partial charge in [-0.3, -0.25) is 19.2 Å². The maximum Gasteiger partial charge on any atom is 0.308 e. The Balaban J connectivity index is 1.32. The molecule has 0 aliphatic carbocycles. The van der Waals surface area contributed by atoms with E-state index in [4.69, 9.17) is 13.6 Å². The van der Waals surface area contributed by atoms with Gasteiger partial charge in [-0.05, 0) is 24.3 Å². The summed E-state index contributed by atoms with van der Waals surface area (Å²) in [4.78, 5) is 50.9. The van der Waals surface area contributed by atoms with E-state index in [0.29, 0.717) is 26.2 Å². The van der Waals surface area contributed by atoms with E-state index in [-0.39, 0.29) is 42.9 Å². The van der Waals surface area contributed by atoms with Gasteiger partial charge in [0.05, 0.1) is 18.9 Å². The maximum absolute atomic E-state index is 12.2. The minimum Gasteiger partial charge on any atom is -0.459 e. The predicted molar refractivity (Wildman–Crippen MR) is 97.8 cm³/mol. The van der Waals surface area contributed by atoms with Crippen LogP contribution in [0.25, 0.3) is 0 Å². The van der Waals surface area contributed by atoms with E-state index in [9.17, 15) is 19.2 Å². The number of nitrogens with one attached hydrogen (secondary N) is 1. The van der Waals surface area contributed by atoms with Crippen LogP contribution < -0.4 is 5.32 Å². The monoisotopic (exact) mass is 403 g/mol. The highest BCUT2D eigenvalue weighted by molar-refractivity contribution is 5.92. The molecule has 0 aromatic carbocycles. The van der Waals surface area contributed by atoms with Gasteiger partial charge in [0.25, 0.3) is 17.7 Å². The zero-order valence-corrected chi connectivity index (χ0v) is 15.7. The van der Waals surface area contributed by atoms with Gasteiger partial charge in [0.2, 0.25) is 0 Å². The molecule has 0 saturated carbocycles. The first-order valence-corrected chi connectivity index (χ1v) is 9.12. The van der Waals surface area contributed by atoms with Crippen LogP contribution in [0.3, 0.4) is 0 Å². The van der Waals surface area contributed by atoms with Gasteiger partial charge in [0.1, 0.15) is 0 Å². The highest BCUT2D eigenvalue weighted by Crippen LogP contribution is 2.09. The normalized spacial score (nSPS) is 13.8. The van der Waals surface area contributed by atoms with E-state index >= 15 is 0 Å². The number of esters is 1. The molecule has 3 rings (SSSR count). The van der Waals surface area contributed by atoms with Crippen LogP contribution in [-0.4, -0.2) is 72.8 Å². The summed E-state index contributed by atoms with van der Waals surface area (Å²) < 4.78 is 15.0. The second kappa shape index (κ2) is 9.58. The molecule has 1 saturated heterocycles. The van der Waals surface area contributed by atoms with E-state index in [0.717, 1.165) is 0 Å². The van der Waals surface area contributed by atoms with Crippen molar-refractivity contribution in [1.29, 1.82) is 0 Å². The molecule has 0 bridgehead atoms. The Morgan fingerprint density at radius 2 is 1.55 bits per heavy atom. The van der Waals surface area contributed by atoms with Crippen molar-refractivity contribution in [3.05, 3.63) is 48.3 Å². The van der Waals surface area contributed by atoms with E-state index < -0.39 is 11.9 Å². The lowest BCUT2D eigenvalue weighted by atomic mass is 10.3. The van der Waals surface area contributed by atoms with Crippen molar-refractivity contribution in [2.45, 2.75) is 6.42 Å². The zero-order chi connectivity index (χ0) is 20.6. The van der Waals surface area contributed by atoms with Crippen molar-refractivity contribution in [1.82, 2.24) is 15.1 Å². The van der Waals surface area contributed by atoms with Crippen LogP contribution >= 0.6 is 0 Å². The lowest BCUT2D eigenvalue weighted by Gasteiger charge is -2.34. The molecule has 1 aliphatic rings. The molecule has 29 heavy (non-hydrogen) atoms. The fourth-order valence-electron chi connectivity index (χ4n) is 2.79. The summed E-state index contributed by atoms with van der Waals surface area (Å²) >= 11 is 0. The third kappa shape index (κ3) is 5.47. The predicted octanol–water partition coefficient (Wildman–Crippen LogP) is 0.520. The van der Waals surface area contributed by atoms with Gasteiger partial charge in [0, 0.05) is 32.7 Å². The van der Waals surface area contributed by atoms with Crippen LogP contribution in [0.4, 0.5) is 0 Å². The fraction of sp³-hybridized carbons (Fsp3) is 0.368. The van der Waals surface area contributed by atoms with Crippen molar-refractivity contribution >= 4 is 23.7 Å². The van der Waals surface area contributed by atoms with Gasteiger partial charge in [0.15, 0.2) is 18.1 Å². The van der Waals surface area contributed by atoms with Gasteiger partial charge in [-0.2, -0.15) is 0 Å². The summed E-state index contributed by atoms with van der Waals surface area (Å²) in [5.74, 6) is -1.16. The number of amides is 3. The van der Waals surface area contributed by atoms with E-state index in [1.165, 1.54) is 23.5 Å². The van der Waals surface area contributed by atoms with Gasteiger partial charge in [-0.25, -0.2) is 0 Å². The first-order chi connectivity index (χ1) is 14.0. The molecule has 3 heterocycles. The number of carbonyl (C=O) groups excluding carboxylic acids is 4. The van der Waals surface area contributed by atoms with Crippen molar-refractivity contribution in [2.24, 2.45) is 0 Å². The van der Waals surface area contributed by atoms with Crippen LogP contribution in [0.2, 0.25) is 0 Å². The van der Waals surface area contributed by atoms with Crippen molar-refractivity contribution in [3.63, 3.8) is 0 Å². The molecule has 0 radical (unpaired) electrons. The molecule has 0 atom stereocenters. The molecule has 0 unspecified atom stereocenters. The largest absolute Gasteiger partial charge is 0.459 e. The van der Waals surface area contributed by atoms with Crippen molar-refractivity contribution in [3.8, 4) is 0 Å². The number of carbonyl (C=O) groups is 4. The first-order valence-electron chi connectivity index (χ1n) is 9.12. The van der Waals surface area contributed by atoms with Gasteiger partial charge < -0.3 is 28.7 Å². The lowest BCUT2D eigenvalue weighted by molar-refractivity contribution is -0.152. The average Bonchev–Trinajstić information content (AvgIpc) is 3.46. The molecule has 2 aromatic heterocycles. The third-order valence-electron chi connectivity index (χ3n) is 4.37. The molecular formula is C19H21N3O7. The van der Waals surface area contributed by atoms with E-state index in [2.05, 4.69) is 5.32 Å². The van der Waals surface area contributed by atoms with Gasteiger partial charge in [-0.1, -0.05) is 0 Å². The summed E-state index contributed by atoms with van der Waals surface area (Å²) in [6.45, 7) is 1.14. The summed E-state index contributed by atoms with van der Waals surface area (Å²) in [6.07, 6.45) is 2.75. The Morgan fingerprint density at radius 1 is 0.931 bits per heavy atom. The molecule has 10 heteroatoms. The summed E-state index contributed by atoms with van der Waals surface area (Å²) in [6, 6.07) is 6.33. The zero-order valence-electron chi connectivity index (χ0n) is 15.7. The number of piperazine rings is 1. The Bertz CT molecular complexity index is 837. The Kier molecular flexibility index (Phi) is 6.67. The second-order valence-electron chi connectivity index (χ2n) is 6.29. The minimum absolute atomic E-state index is 0.0643. The SMILES string of the molecule is O=C(CCNC(=O)c1ccco1)OCC(=O)N1CCN(C(=O)c2ccco2)CC1. The minimum atomic E-state index is -0.593. The molecule has 1 N–H and O–H groups in total. The van der Waals surface area contributed by atoms with Gasteiger partial charge >= 0.3 is 5.97 Å². The lowest BCUT2D eigenvalue weighted by Crippen LogP contribution is -2.51. The second-order valence-corrected chi connectivity index (χ2v) is 6.29. The molecule has 0 spiro atoms. The van der Waals surface area contributed by atoms with Crippen LogP contribution in [0.15, 0.2) is 45.6 Å². The fourth-order valence-corrected chi connectivity index (χ4v) is 2.79. The molecule has 2 aromatic rings. The van der Waals surface area contributed by atoms with Crippen LogP contribution in [0.5, 0.6) is 0 Å². The number of hydrogen-bond donors (Lipinski definition) is 1. The number of rotatable bonds is 7. The summed E-state index contributed by atoms with van der Waals surface area (Å²) in [5, 5.41) is 2.52. The smallest absolute Gasteiger partial charge is 0.308 e. The summed E-state index contributed by atoms with van der Waals surface area (Å²) in [7, 11) is 0. The van der Waals surface area contributed by atoms with Crippen molar-refractivity contribution in [2.75, 3.05) is 39.3 Å². The number of furan rings is 2. The third-order valence-corrected chi connectivity index (χ3v) is 4.37. The van der Waals surface area contributed by atoms with E-state index in [1.807, 2.05) is 0 Å². The van der Waals surface area contributed by atoms with Crippen LogP contribution in [0.1, 0.15) is 27.5 Å². The van der Waals surface area contributed by atoms with Crippen LogP contribution in [0, 0.1) is 0 Å².